The number of furan rings is 1. The highest BCUT2D eigenvalue weighted by molar-refractivity contribution is 8.00. The predicted octanol–water partition coefficient (Wildman–Crippen LogP) is 5.57. The van der Waals surface area contributed by atoms with Crippen LogP contribution in [0.5, 0.6) is 0 Å². The van der Waals surface area contributed by atoms with Crippen LogP contribution >= 0.6 is 11.8 Å². The Morgan fingerprint density at radius 1 is 1.12 bits per heavy atom. The lowest BCUT2D eigenvalue weighted by Gasteiger charge is -2.19. The van der Waals surface area contributed by atoms with Gasteiger partial charge in [0.1, 0.15) is 11.3 Å². The number of aliphatic carboxylic acids is 1. The van der Waals surface area contributed by atoms with Crippen LogP contribution in [0, 0.1) is 0 Å². The minimum Gasteiger partial charge on any atom is -0.481 e. The molecule has 0 saturated carbocycles. The SMILES string of the molecule is CC(C)(C)c1cccc(-c2cc3cc(SCC(=O)O)ccc3o2)c1. The molecular formula is C20H20O3S. The highest BCUT2D eigenvalue weighted by Crippen LogP contribution is 2.33. The minimum atomic E-state index is -0.813. The molecule has 1 heterocycles. The van der Waals surface area contributed by atoms with Gasteiger partial charge in [-0.2, -0.15) is 0 Å². The number of carboxylic acid groups (broad SMARTS) is 1. The molecule has 24 heavy (non-hydrogen) atoms. The molecule has 3 rings (SSSR count). The van der Waals surface area contributed by atoms with E-state index in [1.807, 2.05) is 30.3 Å². The maximum absolute atomic E-state index is 10.7. The van der Waals surface area contributed by atoms with Gasteiger partial charge in [0.25, 0.3) is 0 Å². The average Bonchev–Trinajstić information content (AvgIpc) is 2.95. The second-order valence-electron chi connectivity index (χ2n) is 6.82. The molecular weight excluding hydrogens is 320 g/mol. The monoisotopic (exact) mass is 340 g/mol. The number of hydrogen-bond donors (Lipinski definition) is 1. The third-order valence-electron chi connectivity index (χ3n) is 3.86. The predicted molar refractivity (Wildman–Crippen MR) is 98.7 cm³/mol. The average molecular weight is 340 g/mol. The molecule has 1 N–H and O–H groups in total. The van der Waals surface area contributed by atoms with Gasteiger partial charge in [0.05, 0.1) is 5.75 Å². The van der Waals surface area contributed by atoms with E-state index in [0.717, 1.165) is 27.2 Å². The van der Waals surface area contributed by atoms with E-state index in [9.17, 15) is 4.79 Å². The number of carboxylic acids is 1. The molecule has 0 aliphatic heterocycles. The lowest BCUT2D eigenvalue weighted by atomic mass is 9.86. The molecule has 0 unspecified atom stereocenters. The summed E-state index contributed by atoms with van der Waals surface area (Å²) in [7, 11) is 0. The first kappa shape index (κ1) is 16.7. The molecule has 3 nitrogen and oxygen atoms in total. The lowest BCUT2D eigenvalue weighted by Crippen LogP contribution is -2.10. The van der Waals surface area contributed by atoms with Crippen LogP contribution in [0.1, 0.15) is 26.3 Å². The Bertz CT molecular complexity index is 887. The van der Waals surface area contributed by atoms with Gasteiger partial charge < -0.3 is 9.52 Å². The van der Waals surface area contributed by atoms with E-state index in [1.165, 1.54) is 17.3 Å². The molecule has 0 aliphatic carbocycles. The number of rotatable bonds is 4. The van der Waals surface area contributed by atoms with Crippen molar-refractivity contribution in [3.05, 3.63) is 54.1 Å². The van der Waals surface area contributed by atoms with E-state index in [1.54, 1.807) is 0 Å². The van der Waals surface area contributed by atoms with Crippen molar-refractivity contribution in [2.45, 2.75) is 31.1 Å². The van der Waals surface area contributed by atoms with Crippen LogP contribution in [0.15, 0.2) is 57.8 Å². The Labute approximate surface area is 145 Å². The van der Waals surface area contributed by atoms with Gasteiger partial charge in [0.15, 0.2) is 0 Å². The molecule has 0 saturated heterocycles. The van der Waals surface area contributed by atoms with Gasteiger partial charge in [0, 0.05) is 15.8 Å². The highest BCUT2D eigenvalue weighted by atomic mass is 32.2. The molecule has 0 bridgehead atoms. The molecule has 4 heteroatoms. The second kappa shape index (κ2) is 6.36. The van der Waals surface area contributed by atoms with E-state index in [0.29, 0.717) is 0 Å². The van der Waals surface area contributed by atoms with Gasteiger partial charge in [-0.15, -0.1) is 11.8 Å². The van der Waals surface area contributed by atoms with E-state index >= 15 is 0 Å². The highest BCUT2D eigenvalue weighted by Gasteiger charge is 2.15. The molecule has 0 spiro atoms. The Morgan fingerprint density at radius 3 is 2.62 bits per heavy atom. The molecule has 0 radical (unpaired) electrons. The Hall–Kier alpha value is -2.20. The second-order valence-corrected chi connectivity index (χ2v) is 7.87. The van der Waals surface area contributed by atoms with Gasteiger partial charge in [-0.1, -0.05) is 39.0 Å². The van der Waals surface area contributed by atoms with Crippen molar-refractivity contribution in [2.24, 2.45) is 0 Å². The van der Waals surface area contributed by atoms with Crippen molar-refractivity contribution < 1.29 is 14.3 Å². The molecule has 1 aromatic heterocycles. The van der Waals surface area contributed by atoms with Gasteiger partial charge in [-0.05, 0) is 41.3 Å². The van der Waals surface area contributed by atoms with Gasteiger partial charge in [-0.25, -0.2) is 0 Å². The summed E-state index contributed by atoms with van der Waals surface area (Å²) in [4.78, 5) is 11.6. The first-order valence-corrected chi connectivity index (χ1v) is 8.80. The summed E-state index contributed by atoms with van der Waals surface area (Å²) in [6, 6.07) is 16.2. The Balaban J connectivity index is 1.95. The molecule has 0 aliphatic rings. The molecule has 0 fully saturated rings. The number of benzene rings is 2. The number of hydrogen-bond acceptors (Lipinski definition) is 3. The van der Waals surface area contributed by atoms with E-state index < -0.39 is 5.97 Å². The van der Waals surface area contributed by atoms with Crippen molar-refractivity contribution in [1.82, 2.24) is 0 Å². The number of thioether (sulfide) groups is 1. The van der Waals surface area contributed by atoms with Gasteiger partial charge in [-0.3, -0.25) is 4.79 Å². The topological polar surface area (TPSA) is 50.4 Å². The van der Waals surface area contributed by atoms with Crippen molar-refractivity contribution in [3.8, 4) is 11.3 Å². The van der Waals surface area contributed by atoms with Gasteiger partial charge in [0.2, 0.25) is 0 Å². The summed E-state index contributed by atoms with van der Waals surface area (Å²) in [6.07, 6.45) is 0. The quantitative estimate of drug-likeness (QED) is 0.630. The summed E-state index contributed by atoms with van der Waals surface area (Å²) in [6.45, 7) is 6.57. The van der Waals surface area contributed by atoms with Crippen LogP contribution in [0.3, 0.4) is 0 Å². The van der Waals surface area contributed by atoms with Crippen LogP contribution in [0.2, 0.25) is 0 Å². The zero-order valence-corrected chi connectivity index (χ0v) is 14.8. The summed E-state index contributed by atoms with van der Waals surface area (Å²) in [5.74, 6) is 0.0765. The van der Waals surface area contributed by atoms with Crippen LogP contribution in [-0.4, -0.2) is 16.8 Å². The minimum absolute atomic E-state index is 0.0594. The van der Waals surface area contributed by atoms with Crippen molar-refractivity contribution in [2.75, 3.05) is 5.75 Å². The van der Waals surface area contributed by atoms with E-state index in [-0.39, 0.29) is 11.2 Å². The largest absolute Gasteiger partial charge is 0.481 e. The maximum atomic E-state index is 10.7. The van der Waals surface area contributed by atoms with Crippen molar-refractivity contribution in [3.63, 3.8) is 0 Å². The third-order valence-corrected chi connectivity index (χ3v) is 4.84. The van der Waals surface area contributed by atoms with Gasteiger partial charge >= 0.3 is 5.97 Å². The molecule has 0 atom stereocenters. The zero-order chi connectivity index (χ0) is 17.3. The van der Waals surface area contributed by atoms with E-state index in [2.05, 4.69) is 39.0 Å². The molecule has 124 valence electrons. The summed E-state index contributed by atoms with van der Waals surface area (Å²) < 4.78 is 5.98. The third kappa shape index (κ3) is 3.65. The maximum Gasteiger partial charge on any atom is 0.313 e. The molecule has 3 aromatic rings. The van der Waals surface area contributed by atoms with E-state index in [4.69, 9.17) is 9.52 Å². The molecule has 2 aromatic carbocycles. The standard InChI is InChI=1S/C20H20O3S/c1-20(2,3)15-6-4-5-13(9-15)18-11-14-10-16(24-12-19(21)22)7-8-17(14)23-18/h4-11H,12H2,1-3H3,(H,21,22). The normalized spacial score (nSPS) is 11.8. The van der Waals surface area contributed by atoms with Crippen LogP contribution in [-0.2, 0) is 10.2 Å². The first-order valence-electron chi connectivity index (χ1n) is 7.82. The van der Waals surface area contributed by atoms with Crippen LogP contribution in [0.4, 0.5) is 0 Å². The fraction of sp³-hybridized carbons (Fsp3) is 0.250. The first-order chi connectivity index (χ1) is 11.3. The van der Waals surface area contributed by atoms with Crippen molar-refractivity contribution >= 4 is 28.7 Å². The Kier molecular flexibility index (Phi) is 4.41. The summed E-state index contributed by atoms with van der Waals surface area (Å²) in [5, 5.41) is 9.78. The van der Waals surface area contributed by atoms with Crippen molar-refractivity contribution in [1.29, 1.82) is 0 Å². The Morgan fingerprint density at radius 2 is 1.92 bits per heavy atom. The fourth-order valence-corrected chi connectivity index (χ4v) is 3.20. The van der Waals surface area contributed by atoms with Crippen LogP contribution in [0.25, 0.3) is 22.3 Å². The molecule has 0 amide bonds. The summed E-state index contributed by atoms with van der Waals surface area (Å²) >= 11 is 1.31. The van der Waals surface area contributed by atoms with Crippen LogP contribution < -0.4 is 0 Å². The fourth-order valence-electron chi connectivity index (χ4n) is 2.54. The number of carbonyl (C=O) groups is 1. The number of fused-ring (bicyclic) bond motifs is 1. The lowest BCUT2D eigenvalue weighted by molar-refractivity contribution is -0.133. The zero-order valence-electron chi connectivity index (χ0n) is 14.0. The summed E-state index contributed by atoms with van der Waals surface area (Å²) in [5.41, 5.74) is 3.21. The smallest absolute Gasteiger partial charge is 0.313 e.